The number of benzene rings is 1. The van der Waals surface area contributed by atoms with E-state index in [1.165, 1.54) is 24.0 Å². The largest absolute Gasteiger partial charge is 0.0979 e. The minimum absolute atomic E-state index is 0. The molecule has 0 N–H and O–H groups in total. The van der Waals surface area contributed by atoms with Gasteiger partial charge in [0.15, 0.2) is 0 Å². The fraction of sp³-hybridized carbons (Fsp3) is 0.429. The van der Waals surface area contributed by atoms with Gasteiger partial charge in [-0.1, -0.05) is 50.8 Å². The van der Waals surface area contributed by atoms with Gasteiger partial charge in [-0.15, -0.1) is 0 Å². The molecule has 0 heteroatoms. The lowest BCUT2D eigenvalue weighted by molar-refractivity contribution is 0.828. The van der Waals surface area contributed by atoms with E-state index in [-0.39, 0.29) is 7.43 Å². The highest BCUT2D eigenvalue weighted by atomic mass is 13.9. The number of hydrogen-bond acceptors (Lipinski definition) is 0. The fourth-order valence-corrected chi connectivity index (χ4v) is 1.14. The van der Waals surface area contributed by atoms with Gasteiger partial charge in [0.1, 0.15) is 0 Å². The predicted molar refractivity (Wildman–Crippen MR) is 64.3 cm³/mol. The molecule has 1 aromatic rings. The van der Waals surface area contributed by atoms with Crippen LogP contribution in [0.5, 0.6) is 0 Å². The van der Waals surface area contributed by atoms with Crippen molar-refractivity contribution in [2.24, 2.45) is 0 Å². The Bertz CT molecular complexity index is 312. The SMILES string of the molecule is C.CCCCC#Cc1ccccc1C. The minimum Gasteiger partial charge on any atom is -0.0979 e. The maximum absolute atomic E-state index is 3.20. The summed E-state index contributed by atoms with van der Waals surface area (Å²) in [5.74, 6) is 6.39. The third-order valence-corrected chi connectivity index (χ3v) is 2.02. The average Bonchev–Trinajstić information content (AvgIpc) is 2.15. The molecule has 0 aliphatic carbocycles. The summed E-state index contributed by atoms with van der Waals surface area (Å²) in [6.07, 6.45) is 3.45. The van der Waals surface area contributed by atoms with Gasteiger partial charge in [0.2, 0.25) is 0 Å². The molecule has 76 valence electrons. The average molecular weight is 188 g/mol. The molecule has 1 aromatic carbocycles. The second-order valence-electron chi connectivity index (χ2n) is 3.22. The Labute approximate surface area is 88.4 Å². The van der Waals surface area contributed by atoms with Gasteiger partial charge in [-0.2, -0.15) is 0 Å². The Morgan fingerprint density at radius 3 is 2.57 bits per heavy atom. The summed E-state index contributed by atoms with van der Waals surface area (Å²) in [7, 11) is 0. The molecule has 0 aliphatic rings. The Hall–Kier alpha value is -1.22. The van der Waals surface area contributed by atoms with Gasteiger partial charge in [-0.25, -0.2) is 0 Å². The van der Waals surface area contributed by atoms with E-state index in [4.69, 9.17) is 0 Å². The maximum atomic E-state index is 3.20. The van der Waals surface area contributed by atoms with Crippen LogP contribution in [0.2, 0.25) is 0 Å². The van der Waals surface area contributed by atoms with Crippen LogP contribution >= 0.6 is 0 Å². The van der Waals surface area contributed by atoms with Crippen LogP contribution in [0, 0.1) is 18.8 Å². The topological polar surface area (TPSA) is 0 Å². The smallest absolute Gasteiger partial charge is 0.0274 e. The Morgan fingerprint density at radius 1 is 1.21 bits per heavy atom. The van der Waals surface area contributed by atoms with Crippen LogP contribution in [0.1, 0.15) is 44.7 Å². The van der Waals surface area contributed by atoms with Crippen LogP contribution < -0.4 is 0 Å². The number of aryl methyl sites for hydroxylation is 1. The van der Waals surface area contributed by atoms with Crippen LogP contribution in [0.15, 0.2) is 24.3 Å². The highest BCUT2D eigenvalue weighted by molar-refractivity contribution is 5.40. The van der Waals surface area contributed by atoms with E-state index in [1.54, 1.807) is 0 Å². The standard InChI is InChI=1S/C13H16.CH4/c1-3-4-5-6-10-13-11-8-7-9-12(13)2;/h7-9,11H,3-5H2,1-2H3;1H4. The second-order valence-corrected chi connectivity index (χ2v) is 3.22. The number of unbranched alkanes of at least 4 members (excludes halogenated alkanes) is 2. The molecule has 0 saturated heterocycles. The first-order chi connectivity index (χ1) is 6.34. The quantitative estimate of drug-likeness (QED) is 0.482. The fourth-order valence-electron chi connectivity index (χ4n) is 1.14. The van der Waals surface area contributed by atoms with Crippen LogP contribution in [0.4, 0.5) is 0 Å². The molecule has 0 atom stereocenters. The third kappa shape index (κ3) is 4.14. The van der Waals surface area contributed by atoms with Crippen molar-refractivity contribution in [3.8, 4) is 11.8 Å². The maximum Gasteiger partial charge on any atom is 0.0274 e. The van der Waals surface area contributed by atoms with E-state index >= 15 is 0 Å². The summed E-state index contributed by atoms with van der Waals surface area (Å²) in [6.45, 7) is 4.29. The van der Waals surface area contributed by atoms with Crippen molar-refractivity contribution in [2.45, 2.75) is 40.5 Å². The van der Waals surface area contributed by atoms with E-state index in [1.807, 2.05) is 12.1 Å². The van der Waals surface area contributed by atoms with Crippen LogP contribution in [-0.4, -0.2) is 0 Å². The molecular weight excluding hydrogens is 168 g/mol. The van der Waals surface area contributed by atoms with Crippen molar-refractivity contribution in [2.75, 3.05) is 0 Å². The van der Waals surface area contributed by atoms with E-state index in [9.17, 15) is 0 Å². The first kappa shape index (κ1) is 12.8. The molecule has 0 saturated carbocycles. The first-order valence-electron chi connectivity index (χ1n) is 4.89. The molecule has 0 nitrogen and oxygen atoms in total. The highest BCUT2D eigenvalue weighted by Crippen LogP contribution is 2.04. The monoisotopic (exact) mass is 188 g/mol. The summed E-state index contributed by atoms with van der Waals surface area (Å²) in [6, 6.07) is 8.27. The van der Waals surface area contributed by atoms with Crippen molar-refractivity contribution in [3.63, 3.8) is 0 Å². The Kier molecular flexibility index (Phi) is 6.58. The van der Waals surface area contributed by atoms with Crippen molar-refractivity contribution in [1.29, 1.82) is 0 Å². The molecule has 0 amide bonds. The lowest BCUT2D eigenvalue weighted by Gasteiger charge is -1.94. The molecule has 0 unspecified atom stereocenters. The molecule has 1 rings (SSSR count). The predicted octanol–water partition coefficient (Wildman–Crippen LogP) is 4.17. The third-order valence-electron chi connectivity index (χ3n) is 2.02. The molecule has 0 heterocycles. The van der Waals surface area contributed by atoms with Crippen molar-refractivity contribution < 1.29 is 0 Å². The lowest BCUT2D eigenvalue weighted by atomic mass is 10.1. The first-order valence-corrected chi connectivity index (χ1v) is 4.89. The number of rotatable bonds is 2. The zero-order valence-electron chi connectivity index (χ0n) is 8.43. The van der Waals surface area contributed by atoms with E-state index in [0.29, 0.717) is 0 Å². The Morgan fingerprint density at radius 2 is 1.93 bits per heavy atom. The molecule has 0 spiro atoms. The molecular formula is C14H20. The van der Waals surface area contributed by atoms with E-state index < -0.39 is 0 Å². The second kappa shape index (κ2) is 7.21. The van der Waals surface area contributed by atoms with Gasteiger partial charge in [-0.3, -0.25) is 0 Å². The van der Waals surface area contributed by atoms with Gasteiger partial charge in [0.25, 0.3) is 0 Å². The molecule has 0 fully saturated rings. The van der Waals surface area contributed by atoms with E-state index in [2.05, 4.69) is 37.8 Å². The molecule has 0 aromatic heterocycles. The van der Waals surface area contributed by atoms with Gasteiger partial charge < -0.3 is 0 Å². The van der Waals surface area contributed by atoms with Crippen LogP contribution in [0.25, 0.3) is 0 Å². The summed E-state index contributed by atoms with van der Waals surface area (Å²) in [5, 5.41) is 0. The summed E-state index contributed by atoms with van der Waals surface area (Å²) in [5.41, 5.74) is 2.44. The highest BCUT2D eigenvalue weighted by Gasteiger charge is 1.89. The van der Waals surface area contributed by atoms with Crippen LogP contribution in [0.3, 0.4) is 0 Å². The number of hydrogen-bond donors (Lipinski definition) is 0. The van der Waals surface area contributed by atoms with Gasteiger partial charge in [-0.05, 0) is 25.0 Å². The summed E-state index contributed by atoms with van der Waals surface area (Å²) >= 11 is 0. The van der Waals surface area contributed by atoms with Gasteiger partial charge in [0, 0.05) is 12.0 Å². The molecule has 0 radical (unpaired) electrons. The summed E-state index contributed by atoms with van der Waals surface area (Å²) in [4.78, 5) is 0. The van der Waals surface area contributed by atoms with Crippen LogP contribution in [-0.2, 0) is 0 Å². The minimum atomic E-state index is 0. The van der Waals surface area contributed by atoms with Crippen molar-refractivity contribution in [3.05, 3.63) is 35.4 Å². The summed E-state index contributed by atoms with van der Waals surface area (Å²) < 4.78 is 0. The molecule has 0 aliphatic heterocycles. The van der Waals surface area contributed by atoms with Gasteiger partial charge >= 0.3 is 0 Å². The lowest BCUT2D eigenvalue weighted by Crippen LogP contribution is -1.79. The van der Waals surface area contributed by atoms with E-state index in [0.717, 1.165) is 6.42 Å². The Balaban J connectivity index is 0.00000169. The van der Waals surface area contributed by atoms with Crippen molar-refractivity contribution in [1.82, 2.24) is 0 Å². The molecule has 0 bridgehead atoms. The zero-order chi connectivity index (χ0) is 9.52. The van der Waals surface area contributed by atoms with Crippen molar-refractivity contribution >= 4 is 0 Å². The van der Waals surface area contributed by atoms with Gasteiger partial charge in [0.05, 0.1) is 0 Å². The zero-order valence-corrected chi connectivity index (χ0v) is 8.43. The molecule has 14 heavy (non-hydrogen) atoms. The normalized spacial score (nSPS) is 8.43.